The highest BCUT2D eigenvalue weighted by Crippen LogP contribution is 2.36. The Morgan fingerprint density at radius 3 is 0.944 bits per heavy atom. The Balaban J connectivity index is 1.93. The minimum atomic E-state index is -3.71. The van der Waals surface area contributed by atoms with E-state index in [-0.39, 0.29) is 37.1 Å². The summed E-state index contributed by atoms with van der Waals surface area (Å²) in [6.07, 6.45) is 2.91. The zero-order valence-electron chi connectivity index (χ0n) is 30.2. The van der Waals surface area contributed by atoms with Crippen LogP contribution < -0.4 is 14.2 Å². The van der Waals surface area contributed by atoms with Gasteiger partial charge in [0.25, 0.3) is 0 Å². The zero-order chi connectivity index (χ0) is 40.0. The summed E-state index contributed by atoms with van der Waals surface area (Å²) >= 11 is 0. The number of methoxy groups -OCH3 is 3. The van der Waals surface area contributed by atoms with E-state index in [1.165, 1.54) is 75.9 Å². The van der Waals surface area contributed by atoms with Crippen LogP contribution in [0.5, 0.6) is 0 Å². The number of carbonyl (C=O) groups is 3. The number of ether oxygens (including phenoxy) is 3. The minimum Gasteiger partial charge on any atom is -0.468 e. The molecule has 0 bridgehead atoms. The van der Waals surface area contributed by atoms with Crippen LogP contribution in [-0.2, 0) is 58.7 Å². The summed E-state index contributed by atoms with van der Waals surface area (Å²) in [4.78, 5) is 45.8. The van der Waals surface area contributed by atoms with Gasteiger partial charge in [-0.05, 0) is 53.1 Å². The number of benzene rings is 3. The molecule has 4 rings (SSSR count). The minimum absolute atomic E-state index is 0.153. The Bertz CT molecular complexity index is 1950. The number of sulfonamides is 3. The SMILES string of the molecule is COC(=O)[C@@H](c1cccc(NS(C)(=O)=O)c1)N1CN([C@@H](C(=O)OC)c2cccc(NS(C)(=O)=O)c2)CN([C@@H](C(=O)OC)c2cccc(NS(C)(=O)=O)c2)C1. The fraction of sp³-hybridized carbons (Fsp3) is 0.364. The Hall–Kier alpha value is -4.80. The van der Waals surface area contributed by atoms with Crippen molar-refractivity contribution in [3.63, 3.8) is 0 Å². The molecule has 0 radical (unpaired) electrons. The first-order valence-electron chi connectivity index (χ1n) is 15.9. The van der Waals surface area contributed by atoms with Crippen molar-refractivity contribution in [2.45, 2.75) is 18.1 Å². The van der Waals surface area contributed by atoms with Crippen LogP contribution in [0.25, 0.3) is 0 Å². The van der Waals surface area contributed by atoms with Crippen LogP contribution >= 0.6 is 0 Å². The molecule has 18 nitrogen and oxygen atoms in total. The summed E-state index contributed by atoms with van der Waals surface area (Å²) in [6.45, 7) is -0.479. The van der Waals surface area contributed by atoms with E-state index in [2.05, 4.69) is 14.2 Å². The molecule has 3 aromatic carbocycles. The number of nitrogens with one attached hydrogen (secondary N) is 3. The third-order valence-electron chi connectivity index (χ3n) is 7.98. The number of esters is 3. The molecule has 0 amide bonds. The van der Waals surface area contributed by atoms with Crippen LogP contribution in [-0.4, -0.2) is 118 Å². The summed E-state index contributed by atoms with van der Waals surface area (Å²) in [5.41, 5.74) is 1.33. The van der Waals surface area contributed by atoms with Gasteiger partial charge in [-0.1, -0.05) is 36.4 Å². The van der Waals surface area contributed by atoms with Gasteiger partial charge in [-0.2, -0.15) is 0 Å². The van der Waals surface area contributed by atoms with Crippen LogP contribution in [0, 0.1) is 0 Å². The maximum atomic E-state index is 13.7. The molecule has 0 aromatic heterocycles. The molecule has 3 N–H and O–H groups in total. The van der Waals surface area contributed by atoms with E-state index >= 15 is 0 Å². The highest BCUT2D eigenvalue weighted by molar-refractivity contribution is 7.92. The number of rotatable bonds is 15. The molecule has 1 heterocycles. The average Bonchev–Trinajstić information content (AvgIpc) is 3.06. The number of nitrogens with zero attached hydrogens (tertiary/aromatic N) is 3. The van der Waals surface area contributed by atoms with Gasteiger partial charge in [-0.25, -0.2) is 39.6 Å². The van der Waals surface area contributed by atoms with Crippen LogP contribution in [0.3, 0.4) is 0 Å². The van der Waals surface area contributed by atoms with Gasteiger partial charge in [-0.15, -0.1) is 0 Å². The Kier molecular flexibility index (Phi) is 13.3. The van der Waals surface area contributed by atoms with Crippen molar-refractivity contribution < 1.29 is 53.8 Å². The first kappa shape index (κ1) is 41.9. The third-order valence-corrected chi connectivity index (χ3v) is 9.79. The third kappa shape index (κ3) is 11.4. The van der Waals surface area contributed by atoms with E-state index in [9.17, 15) is 39.6 Å². The van der Waals surface area contributed by atoms with Gasteiger partial charge in [0.1, 0.15) is 18.1 Å². The Morgan fingerprint density at radius 1 is 0.500 bits per heavy atom. The van der Waals surface area contributed by atoms with Crippen molar-refractivity contribution in [3.8, 4) is 0 Å². The normalized spacial score (nSPS) is 16.3. The molecule has 0 saturated carbocycles. The molecule has 1 aliphatic rings. The second-order valence-electron chi connectivity index (χ2n) is 12.5. The van der Waals surface area contributed by atoms with Gasteiger partial charge in [0.2, 0.25) is 30.1 Å². The molecule has 0 unspecified atom stereocenters. The van der Waals surface area contributed by atoms with Gasteiger partial charge >= 0.3 is 17.9 Å². The van der Waals surface area contributed by atoms with Crippen molar-refractivity contribution in [1.29, 1.82) is 0 Å². The molecule has 0 spiro atoms. The van der Waals surface area contributed by atoms with Gasteiger partial charge in [0.05, 0.1) is 60.1 Å². The van der Waals surface area contributed by atoms with Gasteiger partial charge in [-0.3, -0.25) is 28.9 Å². The molecule has 3 atom stereocenters. The molecule has 54 heavy (non-hydrogen) atoms. The topological polar surface area (TPSA) is 227 Å². The second-order valence-corrected chi connectivity index (χ2v) is 17.7. The predicted molar refractivity (Wildman–Crippen MR) is 199 cm³/mol. The fourth-order valence-corrected chi connectivity index (χ4v) is 7.77. The molecular weight excluding hydrogens is 769 g/mol. The molecule has 294 valence electrons. The quantitative estimate of drug-likeness (QED) is 0.147. The number of anilines is 3. The highest BCUT2D eigenvalue weighted by Gasteiger charge is 2.43. The van der Waals surface area contributed by atoms with E-state index < -0.39 is 66.1 Å². The molecular formula is C33H42N6O12S3. The van der Waals surface area contributed by atoms with Gasteiger partial charge < -0.3 is 14.2 Å². The standard InChI is InChI=1S/C33H42N6O12S3/c1-49-31(40)28(22-10-7-13-25(16-22)34-52(4,43)44)37-19-38(29(32(41)50-2)23-11-8-14-26(17-23)35-53(5,45)46)21-39(20-37)30(33(42)51-3)24-12-9-15-27(18-24)36-54(6,47)48/h7-18,28-30,34-36H,19-21H2,1-6H3/t28-,29-,30-/m1/s1. The van der Waals surface area contributed by atoms with Gasteiger partial charge in [0, 0.05) is 17.1 Å². The summed E-state index contributed by atoms with van der Waals surface area (Å²) in [6, 6.07) is 14.4. The highest BCUT2D eigenvalue weighted by atomic mass is 32.2. The van der Waals surface area contributed by atoms with Gasteiger partial charge in [0.15, 0.2) is 0 Å². The van der Waals surface area contributed by atoms with Crippen molar-refractivity contribution in [2.75, 3.05) is 74.3 Å². The molecule has 21 heteroatoms. The molecule has 1 saturated heterocycles. The van der Waals surface area contributed by atoms with E-state index in [0.717, 1.165) is 18.8 Å². The number of hydrogen-bond donors (Lipinski definition) is 3. The van der Waals surface area contributed by atoms with Crippen LogP contribution in [0.4, 0.5) is 17.1 Å². The lowest BCUT2D eigenvalue weighted by Crippen LogP contribution is -2.60. The summed E-state index contributed by atoms with van der Waals surface area (Å²) < 4.78 is 95.2. The van der Waals surface area contributed by atoms with Crippen molar-refractivity contribution in [1.82, 2.24) is 14.7 Å². The van der Waals surface area contributed by atoms with E-state index in [0.29, 0.717) is 16.7 Å². The second kappa shape index (κ2) is 17.1. The van der Waals surface area contributed by atoms with Crippen LogP contribution in [0.15, 0.2) is 72.8 Å². The summed E-state index contributed by atoms with van der Waals surface area (Å²) in [7, 11) is -7.63. The maximum absolute atomic E-state index is 13.7. The molecule has 1 fully saturated rings. The lowest BCUT2D eigenvalue weighted by Gasteiger charge is -2.48. The van der Waals surface area contributed by atoms with Crippen molar-refractivity contribution in [2.24, 2.45) is 0 Å². The monoisotopic (exact) mass is 810 g/mol. The maximum Gasteiger partial charge on any atom is 0.327 e. The summed E-state index contributed by atoms with van der Waals surface area (Å²) in [5, 5.41) is 0. The lowest BCUT2D eigenvalue weighted by molar-refractivity contribution is -0.167. The van der Waals surface area contributed by atoms with E-state index in [4.69, 9.17) is 14.2 Å². The largest absolute Gasteiger partial charge is 0.468 e. The van der Waals surface area contributed by atoms with E-state index in [1.807, 2.05) is 0 Å². The molecule has 1 aliphatic heterocycles. The predicted octanol–water partition coefficient (Wildman–Crippen LogP) is 1.64. The first-order chi connectivity index (χ1) is 25.2. The van der Waals surface area contributed by atoms with Crippen LogP contribution in [0.2, 0.25) is 0 Å². The number of carbonyl (C=O) groups excluding carboxylic acids is 3. The Morgan fingerprint density at radius 2 is 0.741 bits per heavy atom. The molecule has 0 aliphatic carbocycles. The van der Waals surface area contributed by atoms with Crippen LogP contribution in [0.1, 0.15) is 34.8 Å². The number of hydrogen-bond acceptors (Lipinski definition) is 15. The zero-order valence-corrected chi connectivity index (χ0v) is 32.7. The van der Waals surface area contributed by atoms with Crippen molar-refractivity contribution >= 4 is 65.0 Å². The fourth-order valence-electron chi connectivity index (χ4n) is 6.11. The van der Waals surface area contributed by atoms with E-state index in [1.54, 1.807) is 32.9 Å². The lowest BCUT2D eigenvalue weighted by atomic mass is 10.0. The Labute approximate surface area is 314 Å². The smallest absolute Gasteiger partial charge is 0.327 e. The summed E-state index contributed by atoms with van der Waals surface area (Å²) in [5.74, 6) is -2.30. The average molecular weight is 811 g/mol. The van der Waals surface area contributed by atoms with Crippen molar-refractivity contribution in [3.05, 3.63) is 89.5 Å². The molecule has 3 aromatic rings. The first-order valence-corrected chi connectivity index (χ1v) is 21.6.